The van der Waals surface area contributed by atoms with E-state index in [-0.39, 0.29) is 28.9 Å². The van der Waals surface area contributed by atoms with Crippen LogP contribution in [-0.2, 0) is 17.8 Å². The number of halogens is 2. The summed E-state index contributed by atoms with van der Waals surface area (Å²) in [4.78, 5) is 11.1. The Morgan fingerprint density at radius 1 is 1.44 bits per heavy atom. The number of rotatable bonds is 5. The Labute approximate surface area is 117 Å². The number of ether oxygens (including phenoxy) is 2. The molecule has 0 heterocycles. The summed E-state index contributed by atoms with van der Waals surface area (Å²) in [6, 6.07) is 3.91. The molecule has 0 fully saturated rings. The van der Waals surface area contributed by atoms with Gasteiger partial charge < -0.3 is 9.47 Å². The molecular weight excluding hydrogens is 348 g/mol. The molecule has 0 aromatic heterocycles. The predicted octanol–water partition coefficient (Wildman–Crippen LogP) is 2.37. The van der Waals surface area contributed by atoms with Gasteiger partial charge in [0.05, 0.1) is 31.3 Å². The Hall–Kier alpha value is -0.790. The number of carbonyl (C=O) groups excluding carboxylic acids is 1. The third-order valence-corrected chi connectivity index (χ3v) is 4.07. The average Bonchev–Trinajstić information content (AvgIpc) is 2.26. The summed E-state index contributed by atoms with van der Waals surface area (Å²) in [5, 5.41) is 0.0971. The maximum absolute atomic E-state index is 11.2. The predicted molar refractivity (Wildman–Crippen MR) is 69.7 cm³/mol. The molecule has 100 valence electrons. The summed E-state index contributed by atoms with van der Waals surface area (Å²) in [5.74, 6) is -0.310. The number of benzene rings is 1. The number of esters is 1. The zero-order chi connectivity index (χ0) is 13.8. The van der Waals surface area contributed by atoms with Crippen LogP contribution in [0.5, 0.6) is 5.75 Å². The van der Waals surface area contributed by atoms with Crippen LogP contribution >= 0.6 is 26.4 Å². The maximum Gasteiger partial charge on any atom is 0.344 e. The van der Waals surface area contributed by atoms with E-state index >= 15 is 0 Å². The fraction of sp³-hybridized carbons (Fsp3) is 0.300. The second kappa shape index (κ2) is 6.40. The van der Waals surface area contributed by atoms with Crippen molar-refractivity contribution in [2.24, 2.45) is 0 Å². The van der Waals surface area contributed by atoms with Gasteiger partial charge in [0.1, 0.15) is 5.75 Å². The molecule has 0 aliphatic carbocycles. The third kappa shape index (κ3) is 4.47. The highest BCUT2D eigenvalue weighted by Crippen LogP contribution is 2.29. The first-order valence-electron chi connectivity index (χ1n) is 4.87. The quantitative estimate of drug-likeness (QED) is 0.598. The van der Waals surface area contributed by atoms with Gasteiger partial charge in [0.2, 0.25) is 8.27 Å². The SMILES string of the molecule is CCOC(=O)COc1ccc(S(=O)(=O)Br)cc1Cl. The molecule has 1 aromatic rings. The van der Waals surface area contributed by atoms with E-state index in [0.717, 1.165) is 0 Å². The highest BCUT2D eigenvalue weighted by atomic mass is 79.9. The van der Waals surface area contributed by atoms with E-state index in [9.17, 15) is 13.2 Å². The first kappa shape index (κ1) is 15.3. The van der Waals surface area contributed by atoms with Crippen LogP contribution in [0.3, 0.4) is 0 Å². The molecule has 8 heteroatoms. The fourth-order valence-corrected chi connectivity index (χ4v) is 2.48. The first-order valence-corrected chi connectivity index (χ1v) is 8.57. The van der Waals surface area contributed by atoms with E-state index in [1.807, 2.05) is 0 Å². The fourth-order valence-electron chi connectivity index (χ4n) is 1.09. The zero-order valence-electron chi connectivity index (χ0n) is 9.35. The van der Waals surface area contributed by atoms with Crippen LogP contribution in [0, 0.1) is 0 Å². The van der Waals surface area contributed by atoms with Gasteiger partial charge in [-0.2, -0.15) is 0 Å². The number of carbonyl (C=O) groups is 1. The molecular formula is C10H10BrClO5S. The highest BCUT2D eigenvalue weighted by molar-refractivity contribution is 9.47. The topological polar surface area (TPSA) is 69.7 Å². The van der Waals surface area contributed by atoms with Gasteiger partial charge in [-0.1, -0.05) is 11.6 Å². The van der Waals surface area contributed by atoms with Gasteiger partial charge in [-0.3, -0.25) is 0 Å². The van der Waals surface area contributed by atoms with E-state index in [1.54, 1.807) is 6.92 Å². The van der Waals surface area contributed by atoms with Gasteiger partial charge in [0.25, 0.3) is 0 Å². The molecule has 0 aliphatic heterocycles. The van der Waals surface area contributed by atoms with E-state index in [1.165, 1.54) is 18.2 Å². The summed E-state index contributed by atoms with van der Waals surface area (Å²) in [6.07, 6.45) is 0. The van der Waals surface area contributed by atoms with Gasteiger partial charge in [-0.15, -0.1) is 0 Å². The summed E-state index contributed by atoms with van der Waals surface area (Å²) in [6.45, 7) is 1.66. The van der Waals surface area contributed by atoms with Gasteiger partial charge >= 0.3 is 5.97 Å². The Morgan fingerprint density at radius 3 is 2.61 bits per heavy atom. The van der Waals surface area contributed by atoms with Crippen LogP contribution in [0.4, 0.5) is 0 Å². The molecule has 18 heavy (non-hydrogen) atoms. The van der Waals surface area contributed by atoms with Gasteiger partial charge in [-0.05, 0) is 25.1 Å². The summed E-state index contributed by atoms with van der Waals surface area (Å²) >= 11 is 8.36. The normalized spacial score (nSPS) is 11.1. The van der Waals surface area contributed by atoms with Gasteiger partial charge in [0.15, 0.2) is 6.61 Å². The number of hydrogen-bond acceptors (Lipinski definition) is 5. The molecule has 0 radical (unpaired) electrons. The van der Waals surface area contributed by atoms with Crippen molar-refractivity contribution in [2.75, 3.05) is 13.2 Å². The van der Waals surface area contributed by atoms with E-state index < -0.39 is 14.2 Å². The van der Waals surface area contributed by atoms with Crippen molar-refractivity contribution >= 4 is 40.7 Å². The van der Waals surface area contributed by atoms with Crippen LogP contribution in [0.1, 0.15) is 6.92 Å². The van der Waals surface area contributed by atoms with Crippen molar-refractivity contribution in [3.8, 4) is 5.75 Å². The molecule has 0 N–H and O–H groups in total. The largest absolute Gasteiger partial charge is 0.480 e. The molecule has 0 aliphatic rings. The summed E-state index contributed by atoms with van der Waals surface area (Å²) in [7, 11) is -3.50. The average molecular weight is 358 g/mol. The first-order chi connectivity index (χ1) is 8.34. The minimum atomic E-state index is -3.50. The van der Waals surface area contributed by atoms with Crippen LogP contribution in [0.2, 0.25) is 5.02 Å². The monoisotopic (exact) mass is 356 g/mol. The molecule has 0 amide bonds. The Kier molecular flexibility index (Phi) is 5.43. The van der Waals surface area contributed by atoms with Crippen LogP contribution in [0.25, 0.3) is 0 Å². The second-order valence-corrected chi connectivity index (χ2v) is 7.44. The van der Waals surface area contributed by atoms with Crippen molar-refractivity contribution in [1.29, 1.82) is 0 Å². The summed E-state index contributed by atoms with van der Waals surface area (Å²) in [5.41, 5.74) is 0. The minimum Gasteiger partial charge on any atom is -0.480 e. The van der Waals surface area contributed by atoms with Gasteiger partial charge in [0, 0.05) is 0 Å². The van der Waals surface area contributed by atoms with Crippen molar-refractivity contribution in [3.63, 3.8) is 0 Å². The molecule has 0 atom stereocenters. The number of hydrogen-bond donors (Lipinski definition) is 0. The zero-order valence-corrected chi connectivity index (χ0v) is 12.5. The Balaban J connectivity index is 2.78. The van der Waals surface area contributed by atoms with Crippen LogP contribution < -0.4 is 4.74 Å². The Morgan fingerprint density at radius 2 is 2.11 bits per heavy atom. The molecule has 1 rings (SSSR count). The molecule has 0 unspecified atom stereocenters. The summed E-state index contributed by atoms with van der Waals surface area (Å²) < 4.78 is 32.2. The minimum absolute atomic E-state index is 0.0102. The maximum atomic E-state index is 11.2. The lowest BCUT2D eigenvalue weighted by Crippen LogP contribution is -2.14. The van der Waals surface area contributed by atoms with Crippen molar-refractivity contribution < 1.29 is 22.7 Å². The van der Waals surface area contributed by atoms with Crippen LogP contribution in [-0.4, -0.2) is 27.6 Å². The van der Waals surface area contributed by atoms with E-state index in [2.05, 4.69) is 19.5 Å². The smallest absolute Gasteiger partial charge is 0.344 e. The van der Waals surface area contributed by atoms with E-state index in [0.29, 0.717) is 0 Å². The molecule has 0 saturated heterocycles. The van der Waals surface area contributed by atoms with Crippen molar-refractivity contribution in [3.05, 3.63) is 23.2 Å². The van der Waals surface area contributed by atoms with Crippen LogP contribution in [0.15, 0.2) is 23.1 Å². The Bertz CT molecular complexity index is 543. The molecule has 0 saturated carbocycles. The van der Waals surface area contributed by atoms with Crippen molar-refractivity contribution in [2.45, 2.75) is 11.8 Å². The standard InChI is InChI=1S/C10H10BrClO5S/c1-2-16-10(13)6-17-9-4-3-7(5-8(9)12)18(11,14)15/h3-5H,2,6H2,1H3. The molecule has 5 nitrogen and oxygen atoms in total. The van der Waals surface area contributed by atoms with Gasteiger partial charge in [-0.25, -0.2) is 13.2 Å². The molecule has 1 aromatic carbocycles. The van der Waals surface area contributed by atoms with Crippen molar-refractivity contribution in [1.82, 2.24) is 0 Å². The lowest BCUT2D eigenvalue weighted by atomic mass is 10.3. The lowest BCUT2D eigenvalue weighted by Gasteiger charge is -2.08. The van der Waals surface area contributed by atoms with E-state index in [4.69, 9.17) is 16.3 Å². The molecule has 0 bridgehead atoms. The second-order valence-electron chi connectivity index (χ2n) is 3.12. The molecule has 0 spiro atoms. The highest BCUT2D eigenvalue weighted by Gasteiger charge is 2.13. The lowest BCUT2D eigenvalue weighted by molar-refractivity contribution is -0.145. The third-order valence-electron chi connectivity index (χ3n) is 1.84.